The minimum absolute atomic E-state index is 0.572. The maximum atomic E-state index is 5.12. The Balaban J connectivity index is 3.84. The molecule has 4 nitrogen and oxygen atoms in total. The van der Waals surface area contributed by atoms with Crippen molar-refractivity contribution in [1.82, 2.24) is 5.32 Å². The third-order valence-electron chi connectivity index (χ3n) is 0.692. The summed E-state index contributed by atoms with van der Waals surface area (Å²) in [5, 5.41) is 2.74. The average molecular weight is 126 g/mol. The van der Waals surface area contributed by atoms with Crippen molar-refractivity contribution in [2.75, 3.05) is 7.05 Å². The smallest absolute Gasteiger partial charge is 0.143 e. The van der Waals surface area contributed by atoms with E-state index in [-0.39, 0.29) is 0 Å². The summed E-state index contributed by atoms with van der Waals surface area (Å²) in [7, 11) is 1.72. The van der Waals surface area contributed by atoms with E-state index in [1.54, 1.807) is 7.05 Å². The Morgan fingerprint density at radius 2 is 2.44 bits per heavy atom. The molecular weight excluding hydrogens is 116 g/mol. The summed E-state index contributed by atoms with van der Waals surface area (Å²) < 4.78 is 0. The van der Waals surface area contributed by atoms with Crippen LogP contribution in [-0.4, -0.2) is 20.1 Å². The molecule has 3 N–H and O–H groups in total. The predicted octanol–water partition coefficient (Wildman–Crippen LogP) is -0.308. The van der Waals surface area contributed by atoms with E-state index < -0.39 is 0 Å². The molecule has 0 aromatic heterocycles. The number of nitrogens with two attached hydrogens (primary N) is 1. The van der Waals surface area contributed by atoms with Crippen LogP contribution < -0.4 is 11.1 Å². The summed E-state index contributed by atoms with van der Waals surface area (Å²) in [4.78, 5) is 7.14. The Kier molecular flexibility index (Phi) is 4.12. The second-order valence-electron chi connectivity index (χ2n) is 1.23. The molecule has 0 aliphatic carbocycles. The summed E-state index contributed by atoms with van der Waals surface area (Å²) in [5.41, 5.74) is 5.12. The zero-order valence-electron chi connectivity index (χ0n) is 5.33. The molecule has 0 rings (SSSR count). The lowest BCUT2D eigenvalue weighted by molar-refractivity contribution is 0.958. The fourth-order valence-electron chi connectivity index (χ4n) is 0.294. The first-order valence-electron chi connectivity index (χ1n) is 2.43. The van der Waals surface area contributed by atoms with E-state index in [4.69, 9.17) is 5.73 Å². The van der Waals surface area contributed by atoms with E-state index in [0.29, 0.717) is 5.82 Å². The van der Waals surface area contributed by atoms with E-state index in [0.717, 1.165) is 0 Å². The second kappa shape index (κ2) is 4.83. The summed E-state index contributed by atoms with van der Waals surface area (Å²) in [6, 6.07) is 0. The zero-order chi connectivity index (χ0) is 7.11. The molecular formula is C5H10N4. The van der Waals surface area contributed by atoms with E-state index in [2.05, 4.69) is 22.0 Å². The molecule has 0 aliphatic heterocycles. The van der Waals surface area contributed by atoms with Crippen molar-refractivity contribution in [1.29, 1.82) is 0 Å². The first-order valence-corrected chi connectivity index (χ1v) is 2.43. The Bertz CT molecular complexity index is 136. The predicted molar refractivity (Wildman–Crippen MR) is 39.4 cm³/mol. The van der Waals surface area contributed by atoms with E-state index >= 15 is 0 Å². The SMILES string of the molecule is C=NC=N/C(=C/N)NC. The fourth-order valence-corrected chi connectivity index (χ4v) is 0.294. The standard InChI is InChI=1S/C5H10N4/c1-7-4-9-5(3-6)8-2/h3-4,8H,1,6H2,2H3/b5-3+,9-4?. The molecule has 0 aromatic rings. The van der Waals surface area contributed by atoms with Gasteiger partial charge in [-0.25, -0.2) is 4.99 Å². The number of nitrogens with zero attached hydrogens (tertiary/aromatic N) is 2. The van der Waals surface area contributed by atoms with Crippen molar-refractivity contribution < 1.29 is 0 Å². The van der Waals surface area contributed by atoms with Crippen LogP contribution >= 0.6 is 0 Å². The lowest BCUT2D eigenvalue weighted by atomic mass is 10.7. The average Bonchev–Trinajstić information content (AvgIpc) is 1.91. The summed E-state index contributed by atoms with van der Waals surface area (Å²) in [5.74, 6) is 0.572. The quantitative estimate of drug-likeness (QED) is 0.402. The van der Waals surface area contributed by atoms with Crippen molar-refractivity contribution in [3.05, 3.63) is 12.0 Å². The third kappa shape index (κ3) is 3.28. The highest BCUT2D eigenvalue weighted by atomic mass is 15.0. The first-order chi connectivity index (χ1) is 4.35. The zero-order valence-corrected chi connectivity index (χ0v) is 5.33. The van der Waals surface area contributed by atoms with Gasteiger partial charge in [-0.1, -0.05) is 0 Å². The number of hydrogen-bond donors (Lipinski definition) is 2. The van der Waals surface area contributed by atoms with E-state index in [1.807, 2.05) is 0 Å². The van der Waals surface area contributed by atoms with Crippen LogP contribution in [0.3, 0.4) is 0 Å². The molecule has 0 unspecified atom stereocenters. The van der Waals surface area contributed by atoms with E-state index in [9.17, 15) is 0 Å². The molecule has 0 amide bonds. The molecule has 0 atom stereocenters. The van der Waals surface area contributed by atoms with Crippen LogP contribution in [0.2, 0.25) is 0 Å². The molecule has 0 fully saturated rings. The number of nitrogens with one attached hydrogen (secondary N) is 1. The van der Waals surface area contributed by atoms with Crippen molar-refractivity contribution >= 4 is 13.1 Å². The first kappa shape index (κ1) is 7.68. The molecule has 0 aliphatic rings. The maximum Gasteiger partial charge on any atom is 0.143 e. The molecule has 0 spiro atoms. The lowest BCUT2D eigenvalue weighted by Crippen LogP contribution is -2.05. The van der Waals surface area contributed by atoms with Crippen LogP contribution in [-0.2, 0) is 0 Å². The number of aliphatic imine (C=N–C) groups is 2. The Morgan fingerprint density at radius 1 is 1.78 bits per heavy atom. The van der Waals surface area contributed by atoms with Crippen LogP contribution in [0, 0.1) is 0 Å². The summed E-state index contributed by atoms with van der Waals surface area (Å²) in [6.45, 7) is 3.21. The van der Waals surface area contributed by atoms with Gasteiger partial charge in [0.05, 0.1) is 0 Å². The molecule has 0 saturated heterocycles. The highest BCUT2D eigenvalue weighted by molar-refractivity contribution is 5.63. The Labute approximate surface area is 54.2 Å². The lowest BCUT2D eigenvalue weighted by Gasteiger charge is -1.93. The van der Waals surface area contributed by atoms with Crippen LogP contribution in [0.25, 0.3) is 0 Å². The van der Waals surface area contributed by atoms with Gasteiger partial charge in [-0.15, -0.1) is 0 Å². The van der Waals surface area contributed by atoms with Gasteiger partial charge >= 0.3 is 0 Å². The highest BCUT2D eigenvalue weighted by Crippen LogP contribution is 1.82. The van der Waals surface area contributed by atoms with Gasteiger partial charge in [-0.2, -0.15) is 0 Å². The van der Waals surface area contributed by atoms with Crippen LogP contribution in [0.4, 0.5) is 0 Å². The second-order valence-corrected chi connectivity index (χ2v) is 1.23. The molecule has 9 heavy (non-hydrogen) atoms. The molecule has 4 heteroatoms. The van der Waals surface area contributed by atoms with Gasteiger partial charge in [-0.3, -0.25) is 4.99 Å². The van der Waals surface area contributed by atoms with Gasteiger partial charge in [0.2, 0.25) is 0 Å². The minimum atomic E-state index is 0.572. The topological polar surface area (TPSA) is 62.8 Å². The Hall–Kier alpha value is -1.32. The molecule has 0 heterocycles. The van der Waals surface area contributed by atoms with Gasteiger partial charge < -0.3 is 11.1 Å². The normalized spacial score (nSPS) is 11.9. The number of rotatable bonds is 3. The van der Waals surface area contributed by atoms with E-state index in [1.165, 1.54) is 12.5 Å². The molecule has 0 radical (unpaired) electrons. The van der Waals surface area contributed by atoms with Crippen LogP contribution in [0.15, 0.2) is 22.0 Å². The van der Waals surface area contributed by atoms with Crippen molar-refractivity contribution in [2.45, 2.75) is 0 Å². The number of hydrogen-bond acceptors (Lipinski definition) is 3. The molecule has 0 bridgehead atoms. The highest BCUT2D eigenvalue weighted by Gasteiger charge is 1.80. The van der Waals surface area contributed by atoms with Crippen LogP contribution in [0.5, 0.6) is 0 Å². The summed E-state index contributed by atoms with van der Waals surface area (Å²) in [6.07, 6.45) is 2.66. The van der Waals surface area contributed by atoms with Gasteiger partial charge in [0.1, 0.15) is 12.2 Å². The van der Waals surface area contributed by atoms with Crippen molar-refractivity contribution in [3.63, 3.8) is 0 Å². The largest absolute Gasteiger partial charge is 0.402 e. The summed E-state index contributed by atoms with van der Waals surface area (Å²) >= 11 is 0. The molecule has 50 valence electrons. The van der Waals surface area contributed by atoms with Crippen LogP contribution in [0.1, 0.15) is 0 Å². The van der Waals surface area contributed by atoms with Crippen molar-refractivity contribution in [3.8, 4) is 0 Å². The van der Waals surface area contributed by atoms with Gasteiger partial charge in [0, 0.05) is 13.2 Å². The fraction of sp³-hybridized carbons (Fsp3) is 0.200. The van der Waals surface area contributed by atoms with Gasteiger partial charge in [0.25, 0.3) is 0 Å². The molecule has 0 aromatic carbocycles. The van der Waals surface area contributed by atoms with Crippen molar-refractivity contribution in [2.24, 2.45) is 15.7 Å². The molecule has 0 saturated carbocycles. The maximum absolute atomic E-state index is 5.12. The Morgan fingerprint density at radius 3 is 2.78 bits per heavy atom. The third-order valence-corrected chi connectivity index (χ3v) is 0.692. The monoisotopic (exact) mass is 126 g/mol. The van der Waals surface area contributed by atoms with Gasteiger partial charge in [0.15, 0.2) is 0 Å². The minimum Gasteiger partial charge on any atom is -0.402 e. The van der Waals surface area contributed by atoms with Gasteiger partial charge in [-0.05, 0) is 6.72 Å².